The maximum Gasteiger partial charge on any atom is 4.00 e. The SMILES string of the molecule is CC(C)(C)CCCCCC(=O)[O-].CC(C)(C)CCCCCC(=O)[O-].CC(C)(C)CCCCCC(=O)[O-].CC(C)(C)CCCCCC(=O)[O-].[Zr+4]. The Morgan fingerprint density at radius 2 is 0.449 bits per heavy atom. The van der Waals surface area contributed by atoms with Crippen LogP contribution in [0.15, 0.2) is 0 Å². The molecular weight excluding hydrogens is 700 g/mol. The van der Waals surface area contributed by atoms with Crippen molar-refractivity contribution in [2.45, 2.75) is 212 Å². The molecule has 0 aromatic heterocycles. The average Bonchev–Trinajstić information content (AvgIpc) is 2.85. The number of rotatable bonds is 20. The zero-order valence-electron chi connectivity index (χ0n) is 33.9. The summed E-state index contributed by atoms with van der Waals surface area (Å²) in [5.74, 6) is -3.70. The summed E-state index contributed by atoms with van der Waals surface area (Å²) in [7, 11) is 0. The van der Waals surface area contributed by atoms with Gasteiger partial charge in [-0.2, -0.15) is 0 Å². The van der Waals surface area contributed by atoms with Crippen LogP contribution < -0.4 is 20.4 Å². The normalized spacial score (nSPS) is 11.3. The summed E-state index contributed by atoms with van der Waals surface area (Å²) in [6.45, 7) is 26.4. The second kappa shape index (κ2) is 32.7. The van der Waals surface area contributed by atoms with Crippen LogP contribution in [-0.2, 0) is 45.4 Å². The number of aliphatic carboxylic acids is 4. The fourth-order valence-electron chi connectivity index (χ4n) is 4.41. The van der Waals surface area contributed by atoms with Crippen LogP contribution in [0.3, 0.4) is 0 Å². The minimum atomic E-state index is -0.925. The van der Waals surface area contributed by atoms with Gasteiger partial charge in [0.15, 0.2) is 0 Å². The van der Waals surface area contributed by atoms with Crippen LogP contribution in [0, 0.1) is 21.7 Å². The van der Waals surface area contributed by atoms with Gasteiger partial charge in [0.1, 0.15) is 0 Å². The van der Waals surface area contributed by atoms with Gasteiger partial charge in [0.05, 0.1) is 0 Å². The Hall–Kier alpha value is -1.24. The molecule has 0 heterocycles. The first-order valence-electron chi connectivity index (χ1n) is 18.5. The second-order valence-electron chi connectivity index (χ2n) is 18.0. The maximum atomic E-state index is 10.0. The molecule has 0 fully saturated rings. The Morgan fingerprint density at radius 3 is 0.551 bits per heavy atom. The first kappa shape index (κ1) is 57.1. The number of carboxylic acid groups (broad SMARTS) is 4. The molecule has 0 aliphatic heterocycles. The number of unbranched alkanes of at least 4 members (excludes halogenated alkanes) is 8. The molecule has 0 N–H and O–H groups in total. The van der Waals surface area contributed by atoms with E-state index in [2.05, 4.69) is 83.1 Å². The zero-order valence-corrected chi connectivity index (χ0v) is 36.4. The van der Waals surface area contributed by atoms with E-state index < -0.39 is 23.9 Å². The summed E-state index contributed by atoms with van der Waals surface area (Å²) in [5.41, 5.74) is 1.51. The van der Waals surface area contributed by atoms with Crippen LogP contribution in [-0.4, -0.2) is 23.9 Å². The van der Waals surface area contributed by atoms with E-state index in [0.717, 1.165) is 77.0 Å². The van der Waals surface area contributed by atoms with Crippen molar-refractivity contribution in [1.82, 2.24) is 0 Å². The number of hydrogen-bond acceptors (Lipinski definition) is 8. The molecule has 288 valence electrons. The van der Waals surface area contributed by atoms with Crippen molar-refractivity contribution < 1.29 is 65.8 Å². The molecule has 8 nitrogen and oxygen atoms in total. The first-order valence-corrected chi connectivity index (χ1v) is 18.5. The van der Waals surface area contributed by atoms with Crippen LogP contribution in [0.1, 0.15) is 212 Å². The van der Waals surface area contributed by atoms with Gasteiger partial charge < -0.3 is 39.6 Å². The number of carbonyl (C=O) groups excluding carboxylic acids is 4. The molecule has 49 heavy (non-hydrogen) atoms. The summed E-state index contributed by atoms with van der Waals surface area (Å²) in [6.07, 6.45) is 17.1. The van der Waals surface area contributed by atoms with E-state index in [1.54, 1.807) is 0 Å². The summed E-state index contributed by atoms with van der Waals surface area (Å²) < 4.78 is 0. The molecule has 0 aliphatic rings. The van der Waals surface area contributed by atoms with Crippen LogP contribution in [0.2, 0.25) is 0 Å². The standard InChI is InChI=1S/4C10H20O2.Zr/c4*1-10(2,3)8-6-4-5-7-9(11)12;/h4*4-8H2,1-3H3,(H,11,12);/q;;;;+4/p-4. The first-order chi connectivity index (χ1) is 21.7. The van der Waals surface area contributed by atoms with Crippen molar-refractivity contribution in [3.8, 4) is 0 Å². The summed E-state index contributed by atoms with van der Waals surface area (Å²) in [5, 5.41) is 40.2. The van der Waals surface area contributed by atoms with Crippen LogP contribution >= 0.6 is 0 Å². The van der Waals surface area contributed by atoms with E-state index >= 15 is 0 Å². The molecule has 0 amide bonds. The summed E-state index contributed by atoms with van der Waals surface area (Å²) >= 11 is 0. The smallest absolute Gasteiger partial charge is 0.550 e. The molecule has 0 aromatic rings. The van der Waals surface area contributed by atoms with Gasteiger partial charge in [0, 0.05) is 23.9 Å². The number of carboxylic acids is 4. The third-order valence-corrected chi connectivity index (χ3v) is 7.23. The van der Waals surface area contributed by atoms with E-state index in [-0.39, 0.29) is 51.9 Å². The third-order valence-electron chi connectivity index (χ3n) is 7.23. The fourth-order valence-corrected chi connectivity index (χ4v) is 4.41. The Morgan fingerprint density at radius 1 is 0.306 bits per heavy atom. The van der Waals surface area contributed by atoms with Gasteiger partial charge in [0.2, 0.25) is 0 Å². The van der Waals surface area contributed by atoms with Gasteiger partial charge in [-0.05, 0) is 98.7 Å². The molecule has 0 bridgehead atoms. The maximum absolute atomic E-state index is 10.0. The van der Waals surface area contributed by atoms with Crippen LogP contribution in [0.5, 0.6) is 0 Å². The average molecular weight is 776 g/mol. The van der Waals surface area contributed by atoms with Gasteiger partial charge in [-0.15, -0.1) is 0 Å². The molecule has 0 aliphatic carbocycles. The third kappa shape index (κ3) is 77.5. The van der Waals surface area contributed by atoms with Gasteiger partial charge in [-0.3, -0.25) is 0 Å². The van der Waals surface area contributed by atoms with E-state index in [4.69, 9.17) is 0 Å². The predicted molar refractivity (Wildman–Crippen MR) is 190 cm³/mol. The van der Waals surface area contributed by atoms with Crippen molar-refractivity contribution >= 4 is 23.9 Å². The van der Waals surface area contributed by atoms with Gasteiger partial charge >= 0.3 is 26.2 Å². The number of hydrogen-bond donors (Lipinski definition) is 0. The predicted octanol–water partition coefficient (Wildman–Crippen LogP) is 6.93. The van der Waals surface area contributed by atoms with Crippen molar-refractivity contribution in [2.24, 2.45) is 21.7 Å². The molecule has 0 spiro atoms. The molecule has 0 saturated heterocycles. The monoisotopic (exact) mass is 774 g/mol. The van der Waals surface area contributed by atoms with Gasteiger partial charge in [-0.1, -0.05) is 134 Å². The number of carbonyl (C=O) groups is 4. The minimum Gasteiger partial charge on any atom is -0.550 e. The van der Waals surface area contributed by atoms with Crippen molar-refractivity contribution in [3.05, 3.63) is 0 Å². The zero-order chi connectivity index (χ0) is 38.5. The van der Waals surface area contributed by atoms with Crippen molar-refractivity contribution in [1.29, 1.82) is 0 Å². The van der Waals surface area contributed by atoms with Crippen molar-refractivity contribution in [2.75, 3.05) is 0 Å². The second-order valence-corrected chi connectivity index (χ2v) is 18.0. The van der Waals surface area contributed by atoms with Crippen LogP contribution in [0.25, 0.3) is 0 Å². The van der Waals surface area contributed by atoms with Gasteiger partial charge in [0.25, 0.3) is 0 Å². The molecule has 0 atom stereocenters. The van der Waals surface area contributed by atoms with Crippen molar-refractivity contribution in [3.63, 3.8) is 0 Å². The largest absolute Gasteiger partial charge is 4.00 e. The molecule has 0 saturated carbocycles. The molecule has 0 radical (unpaired) electrons. The molecule has 9 heteroatoms. The summed E-state index contributed by atoms with van der Waals surface area (Å²) in [4.78, 5) is 40.2. The minimum absolute atomic E-state index is 0. The summed E-state index contributed by atoms with van der Waals surface area (Å²) in [6, 6.07) is 0. The molecule has 0 rings (SSSR count). The topological polar surface area (TPSA) is 161 Å². The Balaban J connectivity index is -0.000000174. The quantitative estimate of drug-likeness (QED) is 0.120. The molecule has 0 aromatic carbocycles. The molecule has 0 unspecified atom stereocenters. The molecular formula is C40H76O8Zr. The van der Waals surface area contributed by atoms with E-state index in [1.165, 1.54) is 25.7 Å². The van der Waals surface area contributed by atoms with Gasteiger partial charge in [-0.25, -0.2) is 0 Å². The van der Waals surface area contributed by atoms with E-state index in [9.17, 15) is 39.6 Å². The van der Waals surface area contributed by atoms with Crippen LogP contribution in [0.4, 0.5) is 0 Å². The van der Waals surface area contributed by atoms with E-state index in [1.807, 2.05) is 0 Å². The Labute approximate surface area is 321 Å². The Kier molecular flexibility index (Phi) is 38.1. The Bertz CT molecular complexity index is 676. The van der Waals surface area contributed by atoms with E-state index in [0.29, 0.717) is 21.7 Å². The fraction of sp³-hybridized carbons (Fsp3) is 0.900.